The minimum absolute atomic E-state index is 0.151. The average molecular weight is 229 g/mol. The van der Waals surface area contributed by atoms with Gasteiger partial charge in [-0.2, -0.15) is 10.2 Å². The molecule has 2 aromatic rings. The van der Waals surface area contributed by atoms with Crippen molar-refractivity contribution in [3.8, 4) is 17.7 Å². The van der Waals surface area contributed by atoms with Crippen molar-refractivity contribution in [2.45, 2.75) is 20.3 Å². The molecular formula is C11H11N5O. The third-order valence-corrected chi connectivity index (χ3v) is 2.15. The molecule has 86 valence electrons. The lowest BCUT2D eigenvalue weighted by atomic mass is 10.1. The van der Waals surface area contributed by atoms with Crippen molar-refractivity contribution in [1.82, 2.24) is 20.1 Å². The third kappa shape index (κ3) is 2.64. The first-order valence-electron chi connectivity index (χ1n) is 5.20. The van der Waals surface area contributed by atoms with Crippen LogP contribution in [-0.4, -0.2) is 20.1 Å². The summed E-state index contributed by atoms with van der Waals surface area (Å²) in [7, 11) is 0. The van der Waals surface area contributed by atoms with Crippen molar-refractivity contribution in [2.75, 3.05) is 0 Å². The molecule has 0 aliphatic rings. The lowest BCUT2D eigenvalue weighted by molar-refractivity contribution is 0.369. The van der Waals surface area contributed by atoms with E-state index in [9.17, 15) is 0 Å². The van der Waals surface area contributed by atoms with Gasteiger partial charge in [0.25, 0.3) is 0 Å². The molecule has 6 nitrogen and oxygen atoms in total. The van der Waals surface area contributed by atoms with E-state index in [1.165, 1.54) is 0 Å². The maximum Gasteiger partial charge on any atom is 0.240 e. The molecule has 0 aliphatic carbocycles. The number of aromatic nitrogens is 4. The second-order valence-corrected chi connectivity index (χ2v) is 3.83. The van der Waals surface area contributed by atoms with E-state index in [0.29, 0.717) is 24.0 Å². The Morgan fingerprint density at radius 2 is 2.06 bits per heavy atom. The Morgan fingerprint density at radius 1 is 1.35 bits per heavy atom. The van der Waals surface area contributed by atoms with E-state index >= 15 is 0 Å². The van der Waals surface area contributed by atoms with Crippen LogP contribution in [0.3, 0.4) is 0 Å². The number of rotatable bonds is 3. The van der Waals surface area contributed by atoms with Crippen molar-refractivity contribution in [1.29, 1.82) is 5.26 Å². The van der Waals surface area contributed by atoms with Gasteiger partial charge < -0.3 is 4.52 Å². The number of hydrogen-bond donors (Lipinski definition) is 0. The summed E-state index contributed by atoms with van der Waals surface area (Å²) in [5, 5.41) is 12.5. The lowest BCUT2D eigenvalue weighted by Crippen LogP contribution is -1.96. The molecule has 2 aromatic heterocycles. The number of aryl methyl sites for hydroxylation is 1. The van der Waals surface area contributed by atoms with Gasteiger partial charge in [0.15, 0.2) is 0 Å². The number of nitrogens with zero attached hydrogens (tertiary/aromatic N) is 5. The molecule has 17 heavy (non-hydrogen) atoms. The molecule has 0 spiro atoms. The van der Waals surface area contributed by atoms with Gasteiger partial charge in [-0.05, 0) is 19.4 Å². The standard InChI is InChI=1S/C11H11N5O/c1-7(4-12)3-9-15-11(16-17-9)10-13-5-8(2)6-14-10/h5-7H,3H2,1-2H3. The maximum atomic E-state index is 8.69. The van der Waals surface area contributed by atoms with Crippen LogP contribution in [0.4, 0.5) is 0 Å². The molecule has 2 heterocycles. The SMILES string of the molecule is Cc1cnc(-c2noc(CC(C)C#N)n2)nc1. The zero-order valence-corrected chi connectivity index (χ0v) is 9.58. The van der Waals surface area contributed by atoms with Gasteiger partial charge in [0.2, 0.25) is 17.5 Å². The van der Waals surface area contributed by atoms with Crippen LogP contribution in [0.5, 0.6) is 0 Å². The van der Waals surface area contributed by atoms with Crippen molar-refractivity contribution < 1.29 is 4.52 Å². The largest absolute Gasteiger partial charge is 0.339 e. The molecular weight excluding hydrogens is 218 g/mol. The average Bonchev–Trinajstić information content (AvgIpc) is 2.78. The normalized spacial score (nSPS) is 12.1. The summed E-state index contributed by atoms with van der Waals surface area (Å²) in [6.07, 6.45) is 3.82. The number of nitriles is 1. The molecule has 0 aliphatic heterocycles. The highest BCUT2D eigenvalue weighted by Crippen LogP contribution is 2.12. The monoisotopic (exact) mass is 229 g/mol. The Balaban J connectivity index is 2.18. The molecule has 0 saturated carbocycles. The van der Waals surface area contributed by atoms with Gasteiger partial charge >= 0.3 is 0 Å². The summed E-state index contributed by atoms with van der Waals surface area (Å²) >= 11 is 0. The predicted octanol–water partition coefficient (Wildman–Crippen LogP) is 1.54. The summed E-state index contributed by atoms with van der Waals surface area (Å²) in [4.78, 5) is 12.3. The first-order valence-corrected chi connectivity index (χ1v) is 5.20. The van der Waals surface area contributed by atoms with Crippen LogP contribution in [0.2, 0.25) is 0 Å². The van der Waals surface area contributed by atoms with Crippen molar-refractivity contribution in [3.05, 3.63) is 23.8 Å². The van der Waals surface area contributed by atoms with Crippen molar-refractivity contribution >= 4 is 0 Å². The van der Waals surface area contributed by atoms with Crippen LogP contribution in [0.15, 0.2) is 16.9 Å². The minimum atomic E-state index is -0.151. The van der Waals surface area contributed by atoms with Crippen LogP contribution >= 0.6 is 0 Å². The van der Waals surface area contributed by atoms with E-state index in [1.807, 2.05) is 6.92 Å². The van der Waals surface area contributed by atoms with Gasteiger partial charge in [0.05, 0.1) is 12.0 Å². The fraction of sp³-hybridized carbons (Fsp3) is 0.364. The Hall–Kier alpha value is -2.29. The van der Waals surface area contributed by atoms with Crippen LogP contribution in [0.25, 0.3) is 11.6 Å². The fourth-order valence-electron chi connectivity index (χ4n) is 1.24. The van der Waals surface area contributed by atoms with Gasteiger partial charge in [-0.15, -0.1) is 0 Å². The molecule has 0 amide bonds. The minimum Gasteiger partial charge on any atom is -0.339 e. The quantitative estimate of drug-likeness (QED) is 0.793. The summed E-state index contributed by atoms with van der Waals surface area (Å²) < 4.78 is 5.03. The molecule has 0 aromatic carbocycles. The fourth-order valence-corrected chi connectivity index (χ4v) is 1.24. The highest BCUT2D eigenvalue weighted by atomic mass is 16.5. The van der Waals surface area contributed by atoms with Crippen LogP contribution in [-0.2, 0) is 6.42 Å². The van der Waals surface area contributed by atoms with E-state index in [0.717, 1.165) is 5.56 Å². The van der Waals surface area contributed by atoms with E-state index in [-0.39, 0.29) is 5.92 Å². The van der Waals surface area contributed by atoms with Gasteiger partial charge in [0.1, 0.15) is 0 Å². The zero-order valence-electron chi connectivity index (χ0n) is 9.58. The Morgan fingerprint density at radius 3 is 2.71 bits per heavy atom. The van der Waals surface area contributed by atoms with E-state index in [4.69, 9.17) is 9.78 Å². The van der Waals surface area contributed by atoms with Crippen LogP contribution in [0.1, 0.15) is 18.4 Å². The second kappa shape index (κ2) is 4.70. The Labute approximate surface area is 98.3 Å². The van der Waals surface area contributed by atoms with Gasteiger partial charge in [-0.3, -0.25) is 0 Å². The highest BCUT2D eigenvalue weighted by molar-refractivity contribution is 5.40. The zero-order chi connectivity index (χ0) is 12.3. The maximum absolute atomic E-state index is 8.69. The van der Waals surface area contributed by atoms with Crippen LogP contribution in [0, 0.1) is 24.2 Å². The predicted molar refractivity (Wildman–Crippen MR) is 58.5 cm³/mol. The Bertz CT molecular complexity index is 540. The van der Waals surface area contributed by atoms with E-state index < -0.39 is 0 Å². The molecule has 2 rings (SSSR count). The summed E-state index contributed by atoms with van der Waals surface area (Å²) in [6, 6.07) is 2.11. The number of hydrogen-bond acceptors (Lipinski definition) is 6. The summed E-state index contributed by atoms with van der Waals surface area (Å²) in [6.45, 7) is 3.70. The smallest absolute Gasteiger partial charge is 0.240 e. The molecule has 1 unspecified atom stereocenters. The molecule has 6 heteroatoms. The first kappa shape index (κ1) is 11.2. The van der Waals surface area contributed by atoms with Crippen LogP contribution < -0.4 is 0 Å². The van der Waals surface area contributed by atoms with Gasteiger partial charge in [-0.1, -0.05) is 5.16 Å². The van der Waals surface area contributed by atoms with Gasteiger partial charge in [0, 0.05) is 18.8 Å². The lowest BCUT2D eigenvalue weighted by Gasteiger charge is -1.94. The van der Waals surface area contributed by atoms with E-state index in [1.54, 1.807) is 19.3 Å². The second-order valence-electron chi connectivity index (χ2n) is 3.83. The van der Waals surface area contributed by atoms with Crippen molar-refractivity contribution in [3.63, 3.8) is 0 Å². The van der Waals surface area contributed by atoms with E-state index in [2.05, 4.69) is 26.2 Å². The van der Waals surface area contributed by atoms with Crippen molar-refractivity contribution in [2.24, 2.45) is 5.92 Å². The molecule has 0 radical (unpaired) electrons. The summed E-state index contributed by atoms with van der Waals surface area (Å²) in [5.41, 5.74) is 0.968. The van der Waals surface area contributed by atoms with Gasteiger partial charge in [-0.25, -0.2) is 9.97 Å². The molecule has 0 N–H and O–H groups in total. The molecule has 1 atom stereocenters. The third-order valence-electron chi connectivity index (χ3n) is 2.15. The Kier molecular flexibility index (Phi) is 3.10. The molecule has 0 saturated heterocycles. The molecule has 0 fully saturated rings. The first-order chi connectivity index (χ1) is 8.19. The molecule has 0 bridgehead atoms. The summed E-state index contributed by atoms with van der Waals surface area (Å²) in [5.74, 6) is 1.06. The topological polar surface area (TPSA) is 88.5 Å². The highest BCUT2D eigenvalue weighted by Gasteiger charge is 2.13.